The maximum absolute atomic E-state index is 10.2. The van der Waals surface area contributed by atoms with Gasteiger partial charge in [0.2, 0.25) is 5.75 Å². The number of aromatic carboxylic acids is 1. The number of carboxylic acid groups (broad SMARTS) is 1. The first-order valence-electron chi connectivity index (χ1n) is 2.89. The number of aromatic nitrogens is 1. The predicted octanol–water partition coefficient (Wildman–Crippen LogP) is 1.20. The number of carbonyl (C=O) groups excluding carboxylic acids is 1. The van der Waals surface area contributed by atoms with Gasteiger partial charge in [0.15, 0.2) is 0 Å². The minimum atomic E-state index is -0.919. The highest BCUT2D eigenvalue weighted by molar-refractivity contribution is 6.54. The van der Waals surface area contributed by atoms with Gasteiger partial charge in [-0.3, -0.25) is 9.78 Å². The fourth-order valence-electron chi connectivity index (χ4n) is 0.494. The maximum atomic E-state index is 10.2. The molecule has 1 rings (SSSR count). The molecular weight excluding hydrogens is 182 g/mol. The van der Waals surface area contributed by atoms with Crippen molar-refractivity contribution in [2.45, 2.75) is 0 Å². The normalized spacial score (nSPS) is 7.75. The lowest BCUT2D eigenvalue weighted by Crippen LogP contribution is -1.94. The zero-order chi connectivity index (χ0) is 9.40. The van der Waals surface area contributed by atoms with Crippen LogP contribution in [0.2, 0.25) is 0 Å². The molecule has 0 aliphatic carbocycles. The quantitative estimate of drug-likeness (QED) is 0.530. The number of nitrogens with zero attached hydrogens (tertiary/aromatic N) is 1. The van der Waals surface area contributed by atoms with E-state index in [0.717, 1.165) is 0 Å². The second-order valence-electron chi connectivity index (χ2n) is 1.63. The summed E-state index contributed by atoms with van der Waals surface area (Å²) in [5.41, 5.74) is 0.269. The number of pyridine rings is 1. The molecular formula is C7H6ClNO3. The molecule has 1 N–H and O–H groups in total. The molecule has 0 atom stereocenters. The van der Waals surface area contributed by atoms with Gasteiger partial charge in [-0.15, -0.1) is 0 Å². The van der Waals surface area contributed by atoms with Crippen LogP contribution < -0.4 is 0 Å². The molecule has 1 heterocycles. The zero-order valence-electron chi connectivity index (χ0n) is 5.98. The fraction of sp³-hybridized carbons (Fsp3) is 0. The Labute approximate surface area is 73.8 Å². The van der Waals surface area contributed by atoms with Crippen molar-refractivity contribution in [1.82, 2.24) is 4.98 Å². The topological polar surface area (TPSA) is 67.3 Å². The molecule has 0 saturated carbocycles. The third kappa shape index (κ3) is 4.40. The molecule has 64 valence electrons. The van der Waals surface area contributed by atoms with Crippen LogP contribution in [0.25, 0.3) is 0 Å². The third-order valence-electron chi connectivity index (χ3n) is 0.927. The first-order valence-corrected chi connectivity index (χ1v) is 3.33. The summed E-state index contributed by atoms with van der Waals surface area (Å²) in [5, 5.41) is 8.36. The Bertz CT molecular complexity index is 250. The molecule has 0 radical (unpaired) electrons. The Morgan fingerprint density at radius 3 is 2.17 bits per heavy atom. The van der Waals surface area contributed by atoms with E-state index in [2.05, 4.69) is 16.6 Å². The number of hydrogen-bond donors (Lipinski definition) is 1. The molecule has 0 aliphatic rings. The van der Waals surface area contributed by atoms with Crippen LogP contribution in [0.15, 0.2) is 24.5 Å². The average Bonchev–Trinajstić information content (AvgIpc) is 2.07. The van der Waals surface area contributed by atoms with Crippen molar-refractivity contribution in [3.05, 3.63) is 30.1 Å². The Morgan fingerprint density at radius 2 is 1.92 bits per heavy atom. The molecule has 4 nitrogen and oxygen atoms in total. The zero-order valence-corrected chi connectivity index (χ0v) is 6.73. The highest BCUT2D eigenvalue weighted by Crippen LogP contribution is 1.93. The largest absolute Gasteiger partial charge is 0.478 e. The Balaban J connectivity index is 0.000000354. The lowest BCUT2D eigenvalue weighted by molar-refractivity contribution is 0.0697. The van der Waals surface area contributed by atoms with E-state index in [1.54, 1.807) is 0 Å². The highest BCUT2D eigenvalue weighted by Gasteiger charge is 1.97. The molecule has 0 aliphatic heterocycles. The van der Waals surface area contributed by atoms with E-state index in [9.17, 15) is 4.79 Å². The molecule has 0 saturated heterocycles. The van der Waals surface area contributed by atoms with Crippen LogP contribution in [0.3, 0.4) is 0 Å². The van der Waals surface area contributed by atoms with Crippen LogP contribution >= 0.6 is 11.6 Å². The van der Waals surface area contributed by atoms with E-state index >= 15 is 0 Å². The van der Waals surface area contributed by atoms with E-state index in [1.807, 2.05) is 0 Å². The number of carbonyl (C=O) groups is 2. The van der Waals surface area contributed by atoms with Gasteiger partial charge in [-0.1, -0.05) is 0 Å². The van der Waals surface area contributed by atoms with Gasteiger partial charge in [0.05, 0.1) is 5.56 Å². The van der Waals surface area contributed by atoms with Crippen LogP contribution in [-0.2, 0) is 4.79 Å². The average molecular weight is 188 g/mol. The number of hydrogen-bond acceptors (Lipinski definition) is 3. The third-order valence-corrected chi connectivity index (χ3v) is 0.927. The van der Waals surface area contributed by atoms with Crippen LogP contribution in [0, 0.1) is 0 Å². The van der Waals surface area contributed by atoms with Crippen LogP contribution in [0.4, 0.5) is 0 Å². The summed E-state index contributed by atoms with van der Waals surface area (Å²) in [6.07, 6.45) is 2.90. The van der Waals surface area contributed by atoms with Crippen molar-refractivity contribution in [2.24, 2.45) is 0 Å². The van der Waals surface area contributed by atoms with Gasteiger partial charge in [0.1, 0.15) is 0 Å². The fourth-order valence-corrected chi connectivity index (χ4v) is 0.494. The minimum Gasteiger partial charge on any atom is -0.478 e. The summed E-state index contributed by atoms with van der Waals surface area (Å²) in [7, 11) is 0. The SMILES string of the molecule is O=C(O)c1ccncc1.O=CCl. The van der Waals surface area contributed by atoms with Crippen LogP contribution in [-0.4, -0.2) is 21.8 Å². The van der Waals surface area contributed by atoms with E-state index in [0.29, 0.717) is 0 Å². The van der Waals surface area contributed by atoms with E-state index in [1.165, 1.54) is 24.5 Å². The Hall–Kier alpha value is -1.42. The van der Waals surface area contributed by atoms with E-state index in [4.69, 9.17) is 9.90 Å². The molecule has 0 spiro atoms. The van der Waals surface area contributed by atoms with Gasteiger partial charge in [-0.2, -0.15) is 0 Å². The lowest BCUT2D eigenvalue weighted by Gasteiger charge is -1.87. The smallest absolute Gasteiger partial charge is 0.335 e. The van der Waals surface area contributed by atoms with Gasteiger partial charge in [-0.25, -0.2) is 4.79 Å². The van der Waals surface area contributed by atoms with Crippen molar-refractivity contribution in [1.29, 1.82) is 0 Å². The van der Waals surface area contributed by atoms with Crippen molar-refractivity contribution < 1.29 is 14.7 Å². The molecule has 0 fully saturated rings. The Morgan fingerprint density at radius 1 is 1.50 bits per heavy atom. The number of halogens is 1. The molecule has 12 heavy (non-hydrogen) atoms. The summed E-state index contributed by atoms with van der Waals surface area (Å²) < 4.78 is 0. The van der Waals surface area contributed by atoms with Crippen molar-refractivity contribution in [2.75, 3.05) is 0 Å². The first-order chi connectivity index (χ1) is 5.72. The molecule has 1 aromatic rings. The standard InChI is InChI=1S/C6H5NO2.CHClO/c8-6(9)5-1-3-7-4-2-5;2-1-3/h1-4H,(H,8,9);1H. The monoisotopic (exact) mass is 187 g/mol. The molecule has 0 amide bonds. The second kappa shape index (κ2) is 6.30. The molecule has 0 unspecified atom stereocenters. The Kier molecular flexibility index (Phi) is 5.55. The number of carboxylic acids is 1. The molecule has 0 aromatic carbocycles. The van der Waals surface area contributed by atoms with Crippen LogP contribution in [0.5, 0.6) is 0 Å². The lowest BCUT2D eigenvalue weighted by atomic mass is 10.3. The van der Waals surface area contributed by atoms with Crippen molar-refractivity contribution in [3.63, 3.8) is 0 Å². The van der Waals surface area contributed by atoms with E-state index < -0.39 is 5.97 Å². The molecule has 1 aromatic heterocycles. The van der Waals surface area contributed by atoms with Gasteiger partial charge in [-0.05, 0) is 23.7 Å². The predicted molar refractivity (Wildman–Crippen MR) is 43.8 cm³/mol. The highest BCUT2D eigenvalue weighted by atomic mass is 35.5. The van der Waals surface area contributed by atoms with Gasteiger partial charge in [0.25, 0.3) is 0 Å². The minimum absolute atomic E-state index is 0.222. The summed E-state index contributed by atoms with van der Waals surface area (Å²) in [6, 6.07) is 2.89. The van der Waals surface area contributed by atoms with Gasteiger partial charge < -0.3 is 5.11 Å². The second-order valence-corrected chi connectivity index (χ2v) is 1.81. The summed E-state index contributed by atoms with van der Waals surface area (Å²) >= 11 is 4.32. The molecule has 5 heteroatoms. The van der Waals surface area contributed by atoms with Gasteiger partial charge in [0, 0.05) is 12.4 Å². The molecule has 0 bridgehead atoms. The van der Waals surface area contributed by atoms with Gasteiger partial charge >= 0.3 is 5.97 Å². The van der Waals surface area contributed by atoms with Crippen molar-refractivity contribution in [3.8, 4) is 0 Å². The summed E-state index contributed by atoms with van der Waals surface area (Å²) in [5.74, 6) is -0.697. The van der Waals surface area contributed by atoms with E-state index in [-0.39, 0.29) is 11.3 Å². The first kappa shape index (κ1) is 10.6. The summed E-state index contributed by atoms with van der Waals surface area (Å²) in [4.78, 5) is 22.4. The summed E-state index contributed by atoms with van der Waals surface area (Å²) in [6.45, 7) is 0. The van der Waals surface area contributed by atoms with Crippen LogP contribution in [0.1, 0.15) is 10.4 Å². The number of rotatable bonds is 1. The van der Waals surface area contributed by atoms with Crippen molar-refractivity contribution >= 4 is 23.3 Å². The maximum Gasteiger partial charge on any atom is 0.335 e.